The molecule has 1 saturated heterocycles. The van der Waals surface area contributed by atoms with Crippen molar-refractivity contribution in [2.24, 2.45) is 5.92 Å². The molecular weight excluding hydrogens is 306 g/mol. The Morgan fingerprint density at radius 2 is 1.58 bits per heavy atom. The molecule has 6 nitrogen and oxygen atoms in total. The average Bonchev–Trinajstić information content (AvgIpc) is 2.56. The summed E-state index contributed by atoms with van der Waals surface area (Å²) in [6.07, 6.45) is 4.98. The molecule has 3 amide bonds. The first-order valence-electron chi connectivity index (χ1n) is 8.90. The van der Waals surface area contributed by atoms with Crippen molar-refractivity contribution in [1.29, 1.82) is 0 Å². The Morgan fingerprint density at radius 3 is 2.12 bits per heavy atom. The van der Waals surface area contributed by atoms with Gasteiger partial charge in [0.05, 0.1) is 0 Å². The molecule has 136 valence electrons. The summed E-state index contributed by atoms with van der Waals surface area (Å²) in [6, 6.07) is 0. The Morgan fingerprint density at radius 1 is 1.00 bits per heavy atom. The van der Waals surface area contributed by atoms with Gasteiger partial charge in [0, 0.05) is 45.6 Å². The van der Waals surface area contributed by atoms with Gasteiger partial charge in [-0.2, -0.15) is 0 Å². The Balaban J connectivity index is 2.14. The predicted octanol–water partition coefficient (Wildman–Crippen LogP) is 1.57. The maximum Gasteiger partial charge on any atom is 0.243 e. The SMILES string of the molecule is C=CC(=O)NCCCCCC(=O)N1CCN(C(=O)CC(C)C)CC1. The number of hydrogen-bond acceptors (Lipinski definition) is 3. The van der Waals surface area contributed by atoms with E-state index in [4.69, 9.17) is 0 Å². The molecule has 0 aromatic rings. The average molecular weight is 337 g/mol. The second-order valence-corrected chi connectivity index (χ2v) is 6.67. The number of piperazine rings is 1. The summed E-state index contributed by atoms with van der Waals surface area (Å²) in [5.74, 6) is 0.573. The van der Waals surface area contributed by atoms with Gasteiger partial charge in [-0.3, -0.25) is 14.4 Å². The number of carbonyl (C=O) groups is 3. The molecule has 1 rings (SSSR count). The zero-order valence-corrected chi connectivity index (χ0v) is 15.1. The standard InChI is InChI=1S/C18H31N3O3/c1-4-16(22)19-9-7-5-6-8-17(23)20-10-12-21(13-11-20)18(24)14-15(2)3/h4,15H,1,5-14H2,2-3H3,(H,19,22). The van der Waals surface area contributed by atoms with Crippen LogP contribution >= 0.6 is 0 Å². The van der Waals surface area contributed by atoms with Crippen molar-refractivity contribution in [2.75, 3.05) is 32.7 Å². The minimum atomic E-state index is -0.157. The van der Waals surface area contributed by atoms with Crippen LogP contribution in [0.4, 0.5) is 0 Å². The van der Waals surface area contributed by atoms with E-state index in [1.165, 1.54) is 6.08 Å². The molecule has 0 bridgehead atoms. The van der Waals surface area contributed by atoms with Crippen LogP contribution in [-0.2, 0) is 14.4 Å². The number of nitrogens with zero attached hydrogens (tertiary/aromatic N) is 2. The monoisotopic (exact) mass is 337 g/mol. The minimum Gasteiger partial charge on any atom is -0.353 e. The molecule has 24 heavy (non-hydrogen) atoms. The Labute approximate surface area is 145 Å². The maximum absolute atomic E-state index is 12.2. The van der Waals surface area contributed by atoms with Crippen LogP contribution in [-0.4, -0.2) is 60.2 Å². The second-order valence-electron chi connectivity index (χ2n) is 6.67. The van der Waals surface area contributed by atoms with Gasteiger partial charge in [0.15, 0.2) is 0 Å². The van der Waals surface area contributed by atoms with Crippen LogP contribution in [0.2, 0.25) is 0 Å². The third kappa shape index (κ3) is 7.62. The number of hydrogen-bond donors (Lipinski definition) is 1. The lowest BCUT2D eigenvalue weighted by atomic mass is 10.1. The van der Waals surface area contributed by atoms with E-state index in [9.17, 15) is 14.4 Å². The molecule has 0 unspecified atom stereocenters. The van der Waals surface area contributed by atoms with E-state index < -0.39 is 0 Å². The third-order valence-corrected chi connectivity index (χ3v) is 4.12. The fraction of sp³-hybridized carbons (Fsp3) is 0.722. The fourth-order valence-electron chi connectivity index (χ4n) is 2.70. The van der Waals surface area contributed by atoms with Gasteiger partial charge in [-0.05, 0) is 24.8 Å². The van der Waals surface area contributed by atoms with Gasteiger partial charge in [-0.25, -0.2) is 0 Å². The normalized spacial score (nSPS) is 14.6. The van der Waals surface area contributed by atoms with E-state index >= 15 is 0 Å². The Kier molecular flexibility index (Phi) is 9.12. The van der Waals surface area contributed by atoms with E-state index in [0.717, 1.165) is 19.3 Å². The van der Waals surface area contributed by atoms with Crippen molar-refractivity contribution in [2.45, 2.75) is 46.0 Å². The fourth-order valence-corrected chi connectivity index (χ4v) is 2.70. The summed E-state index contributed by atoms with van der Waals surface area (Å²) in [5, 5.41) is 2.72. The van der Waals surface area contributed by atoms with Crippen LogP contribution < -0.4 is 5.32 Å². The van der Waals surface area contributed by atoms with Crippen LogP contribution in [0.3, 0.4) is 0 Å². The van der Waals surface area contributed by atoms with E-state index in [0.29, 0.717) is 51.5 Å². The highest BCUT2D eigenvalue weighted by molar-refractivity contribution is 5.86. The summed E-state index contributed by atoms with van der Waals surface area (Å²) in [5.41, 5.74) is 0. The Bertz CT molecular complexity index is 441. The van der Waals surface area contributed by atoms with Gasteiger partial charge in [0.1, 0.15) is 0 Å². The van der Waals surface area contributed by atoms with E-state index in [-0.39, 0.29) is 17.7 Å². The maximum atomic E-state index is 12.2. The quantitative estimate of drug-likeness (QED) is 0.513. The molecule has 0 aromatic carbocycles. The van der Waals surface area contributed by atoms with E-state index in [1.807, 2.05) is 23.6 Å². The molecule has 1 heterocycles. The highest BCUT2D eigenvalue weighted by atomic mass is 16.2. The van der Waals surface area contributed by atoms with Crippen LogP contribution in [0.25, 0.3) is 0 Å². The molecule has 0 saturated carbocycles. The van der Waals surface area contributed by atoms with Crippen LogP contribution in [0.15, 0.2) is 12.7 Å². The molecule has 1 N–H and O–H groups in total. The van der Waals surface area contributed by atoms with Gasteiger partial charge >= 0.3 is 0 Å². The summed E-state index contributed by atoms with van der Waals surface area (Å²) in [7, 11) is 0. The first-order chi connectivity index (χ1) is 11.4. The molecule has 0 spiro atoms. The number of amides is 3. The lowest BCUT2D eigenvalue weighted by Crippen LogP contribution is -2.50. The zero-order valence-electron chi connectivity index (χ0n) is 15.1. The Hall–Kier alpha value is -1.85. The van der Waals surface area contributed by atoms with E-state index in [2.05, 4.69) is 11.9 Å². The molecular formula is C18H31N3O3. The number of rotatable bonds is 9. The minimum absolute atomic E-state index is 0.157. The summed E-state index contributed by atoms with van der Waals surface area (Å²) in [4.78, 5) is 38.9. The lowest BCUT2D eigenvalue weighted by molar-refractivity contribution is -0.140. The van der Waals surface area contributed by atoms with Gasteiger partial charge in [-0.15, -0.1) is 0 Å². The first-order valence-corrected chi connectivity index (χ1v) is 8.90. The van der Waals surface area contributed by atoms with E-state index in [1.54, 1.807) is 0 Å². The van der Waals surface area contributed by atoms with Crippen LogP contribution in [0.1, 0.15) is 46.0 Å². The highest BCUT2D eigenvalue weighted by Crippen LogP contribution is 2.10. The van der Waals surface area contributed by atoms with Crippen molar-refractivity contribution < 1.29 is 14.4 Å². The molecule has 0 aliphatic carbocycles. The largest absolute Gasteiger partial charge is 0.353 e. The predicted molar refractivity (Wildman–Crippen MR) is 94.3 cm³/mol. The number of unbranched alkanes of at least 4 members (excludes halogenated alkanes) is 2. The van der Waals surface area contributed by atoms with Gasteiger partial charge in [0.2, 0.25) is 17.7 Å². The van der Waals surface area contributed by atoms with Gasteiger partial charge in [0.25, 0.3) is 0 Å². The molecule has 0 radical (unpaired) electrons. The number of nitrogens with one attached hydrogen (secondary N) is 1. The molecule has 1 aliphatic rings. The lowest BCUT2D eigenvalue weighted by Gasteiger charge is -2.35. The number of carbonyl (C=O) groups excluding carboxylic acids is 3. The molecule has 1 aliphatic heterocycles. The van der Waals surface area contributed by atoms with Crippen LogP contribution in [0, 0.1) is 5.92 Å². The summed E-state index contributed by atoms with van der Waals surface area (Å²) < 4.78 is 0. The van der Waals surface area contributed by atoms with Crippen LogP contribution in [0.5, 0.6) is 0 Å². The summed E-state index contributed by atoms with van der Waals surface area (Å²) in [6.45, 7) is 10.7. The molecule has 0 aromatic heterocycles. The smallest absolute Gasteiger partial charge is 0.243 e. The van der Waals surface area contributed by atoms with Crippen molar-refractivity contribution >= 4 is 17.7 Å². The molecule has 1 fully saturated rings. The zero-order chi connectivity index (χ0) is 17.9. The molecule has 0 atom stereocenters. The van der Waals surface area contributed by atoms with Gasteiger partial charge < -0.3 is 15.1 Å². The highest BCUT2D eigenvalue weighted by Gasteiger charge is 2.23. The van der Waals surface area contributed by atoms with Gasteiger partial charge in [-0.1, -0.05) is 26.8 Å². The van der Waals surface area contributed by atoms with Crippen molar-refractivity contribution in [3.05, 3.63) is 12.7 Å². The molecule has 6 heteroatoms. The topological polar surface area (TPSA) is 69.7 Å². The van der Waals surface area contributed by atoms with Crippen molar-refractivity contribution in [1.82, 2.24) is 15.1 Å². The van der Waals surface area contributed by atoms with Crippen molar-refractivity contribution in [3.8, 4) is 0 Å². The summed E-state index contributed by atoms with van der Waals surface area (Å²) >= 11 is 0. The first kappa shape index (κ1) is 20.2. The van der Waals surface area contributed by atoms with Crippen molar-refractivity contribution in [3.63, 3.8) is 0 Å². The third-order valence-electron chi connectivity index (χ3n) is 4.12. The second kappa shape index (κ2) is 10.8.